The van der Waals surface area contributed by atoms with Gasteiger partial charge in [-0.15, -0.1) is 0 Å². The average molecular weight is 308 g/mol. The van der Waals surface area contributed by atoms with Gasteiger partial charge >= 0.3 is 0 Å². The summed E-state index contributed by atoms with van der Waals surface area (Å²) in [5.41, 5.74) is 0.699. The highest BCUT2D eigenvalue weighted by molar-refractivity contribution is 5.87. The Bertz CT molecular complexity index is 540. The largest absolute Gasteiger partial charge is 0.382 e. The van der Waals surface area contributed by atoms with E-state index in [0.717, 1.165) is 32.6 Å². The molecule has 0 spiro atoms. The van der Waals surface area contributed by atoms with Gasteiger partial charge < -0.3 is 10.6 Å². The second kappa shape index (κ2) is 6.90. The molecule has 1 aromatic carbocycles. The number of halogens is 2. The lowest BCUT2D eigenvalue weighted by molar-refractivity contribution is -0.117. The lowest BCUT2D eigenvalue weighted by atomic mass is 9.90. The maximum absolute atomic E-state index is 13.4. The van der Waals surface area contributed by atoms with Crippen LogP contribution in [0.25, 0.3) is 0 Å². The van der Waals surface area contributed by atoms with Crippen LogP contribution in [0.3, 0.4) is 0 Å². The van der Waals surface area contributed by atoms with E-state index in [-0.39, 0.29) is 23.6 Å². The summed E-state index contributed by atoms with van der Waals surface area (Å²) in [5.74, 6) is -3.01. The van der Waals surface area contributed by atoms with Gasteiger partial charge in [-0.25, -0.2) is 8.78 Å². The molecular formula is C17H22F2N2O. The van der Waals surface area contributed by atoms with Crippen molar-refractivity contribution < 1.29 is 13.6 Å². The molecule has 0 saturated heterocycles. The zero-order chi connectivity index (χ0) is 16.2. The lowest BCUT2D eigenvalue weighted by Gasteiger charge is -2.31. The van der Waals surface area contributed by atoms with E-state index < -0.39 is 5.92 Å². The van der Waals surface area contributed by atoms with Gasteiger partial charge in [0.2, 0.25) is 5.91 Å². The molecule has 1 aliphatic carbocycles. The van der Waals surface area contributed by atoms with E-state index in [2.05, 4.69) is 17.2 Å². The number of hydrogen-bond acceptors (Lipinski definition) is 2. The van der Waals surface area contributed by atoms with Crippen LogP contribution in [0.1, 0.15) is 38.2 Å². The SMILES string of the molecule is C=CC(=O)NC1CCCC(Nc2cccc(C(C)(F)F)c2)C1. The van der Waals surface area contributed by atoms with Gasteiger partial charge in [0.15, 0.2) is 0 Å². The average Bonchev–Trinajstić information content (AvgIpc) is 2.47. The highest BCUT2D eigenvalue weighted by atomic mass is 19.3. The normalized spacial score (nSPS) is 22.0. The minimum absolute atomic E-state index is 0.00446. The number of anilines is 1. The molecule has 0 radical (unpaired) electrons. The Balaban J connectivity index is 1.98. The summed E-state index contributed by atoms with van der Waals surface area (Å²) in [6.07, 6.45) is 4.94. The van der Waals surface area contributed by atoms with Crippen LogP contribution in [0.4, 0.5) is 14.5 Å². The van der Waals surface area contributed by atoms with Crippen LogP contribution in [0.2, 0.25) is 0 Å². The third kappa shape index (κ3) is 4.55. The van der Waals surface area contributed by atoms with Gasteiger partial charge in [0.05, 0.1) is 0 Å². The molecular weight excluding hydrogens is 286 g/mol. The highest BCUT2D eigenvalue weighted by Crippen LogP contribution is 2.29. The minimum atomic E-state index is -2.84. The molecule has 1 fully saturated rings. The third-order valence-electron chi connectivity index (χ3n) is 3.95. The van der Waals surface area contributed by atoms with Crippen molar-refractivity contribution in [1.29, 1.82) is 0 Å². The van der Waals surface area contributed by atoms with E-state index >= 15 is 0 Å². The summed E-state index contributed by atoms with van der Waals surface area (Å²) < 4.78 is 26.7. The fourth-order valence-corrected chi connectivity index (χ4v) is 2.83. The van der Waals surface area contributed by atoms with Crippen molar-refractivity contribution >= 4 is 11.6 Å². The van der Waals surface area contributed by atoms with Crippen LogP contribution in [0.15, 0.2) is 36.9 Å². The van der Waals surface area contributed by atoms with E-state index in [0.29, 0.717) is 5.69 Å². The Kier molecular flexibility index (Phi) is 5.16. The number of carbonyl (C=O) groups is 1. The standard InChI is InChI=1S/C17H22F2N2O/c1-3-16(22)21-15-9-5-8-14(11-15)20-13-7-4-6-12(10-13)17(2,18)19/h3-4,6-7,10,14-15,20H,1,5,8-9,11H2,2H3,(H,21,22). The number of benzene rings is 1. The van der Waals surface area contributed by atoms with Crippen LogP contribution in [0.5, 0.6) is 0 Å². The first-order chi connectivity index (χ1) is 10.4. The summed E-state index contributed by atoms with van der Waals surface area (Å²) >= 11 is 0. The molecule has 0 aliphatic heterocycles. The van der Waals surface area contributed by atoms with Gasteiger partial charge in [-0.3, -0.25) is 4.79 Å². The quantitative estimate of drug-likeness (QED) is 0.812. The number of nitrogens with one attached hydrogen (secondary N) is 2. The minimum Gasteiger partial charge on any atom is -0.382 e. The molecule has 1 amide bonds. The van der Waals surface area contributed by atoms with Gasteiger partial charge in [-0.1, -0.05) is 18.7 Å². The molecule has 5 heteroatoms. The molecule has 22 heavy (non-hydrogen) atoms. The molecule has 2 N–H and O–H groups in total. The van der Waals surface area contributed by atoms with Crippen molar-refractivity contribution in [3.8, 4) is 0 Å². The maximum Gasteiger partial charge on any atom is 0.270 e. The Hall–Kier alpha value is -1.91. The number of hydrogen-bond donors (Lipinski definition) is 2. The van der Waals surface area contributed by atoms with E-state index in [4.69, 9.17) is 0 Å². The van der Waals surface area contributed by atoms with Crippen molar-refractivity contribution in [2.45, 2.75) is 50.6 Å². The number of alkyl halides is 2. The summed E-state index contributed by atoms with van der Waals surface area (Å²) in [6, 6.07) is 6.62. The van der Waals surface area contributed by atoms with Gasteiger partial charge in [0.25, 0.3) is 5.92 Å². The fraction of sp³-hybridized carbons (Fsp3) is 0.471. The molecule has 1 aliphatic rings. The van der Waals surface area contributed by atoms with E-state index in [9.17, 15) is 13.6 Å². The monoisotopic (exact) mass is 308 g/mol. The van der Waals surface area contributed by atoms with E-state index in [1.807, 2.05) is 0 Å². The fourth-order valence-electron chi connectivity index (χ4n) is 2.83. The summed E-state index contributed by atoms with van der Waals surface area (Å²) in [7, 11) is 0. The topological polar surface area (TPSA) is 41.1 Å². The zero-order valence-electron chi connectivity index (χ0n) is 12.7. The summed E-state index contributed by atoms with van der Waals surface area (Å²) in [6.45, 7) is 4.34. The van der Waals surface area contributed by atoms with Crippen LogP contribution < -0.4 is 10.6 Å². The van der Waals surface area contributed by atoms with E-state index in [1.165, 1.54) is 18.2 Å². The molecule has 0 heterocycles. The van der Waals surface area contributed by atoms with Gasteiger partial charge in [-0.05, 0) is 43.9 Å². The lowest BCUT2D eigenvalue weighted by Crippen LogP contribution is -2.41. The molecule has 2 rings (SSSR count). The summed E-state index contributed by atoms with van der Waals surface area (Å²) in [4.78, 5) is 11.4. The second-order valence-corrected chi connectivity index (χ2v) is 5.89. The first-order valence-corrected chi connectivity index (χ1v) is 7.56. The van der Waals surface area contributed by atoms with Gasteiger partial charge in [-0.2, -0.15) is 0 Å². The highest BCUT2D eigenvalue weighted by Gasteiger charge is 2.26. The number of rotatable bonds is 5. The number of amides is 1. The van der Waals surface area contributed by atoms with E-state index in [1.54, 1.807) is 12.1 Å². The number of carbonyl (C=O) groups excluding carboxylic acids is 1. The molecule has 120 valence electrons. The Morgan fingerprint density at radius 3 is 2.77 bits per heavy atom. The second-order valence-electron chi connectivity index (χ2n) is 5.89. The molecule has 2 unspecified atom stereocenters. The Labute approximate surface area is 129 Å². The van der Waals surface area contributed by atoms with Crippen LogP contribution in [0, 0.1) is 0 Å². The third-order valence-corrected chi connectivity index (χ3v) is 3.95. The molecule has 1 aromatic rings. The van der Waals surface area contributed by atoms with Crippen molar-refractivity contribution in [3.05, 3.63) is 42.5 Å². The molecule has 0 bridgehead atoms. The van der Waals surface area contributed by atoms with Crippen LogP contribution in [-0.4, -0.2) is 18.0 Å². The molecule has 2 atom stereocenters. The Morgan fingerprint density at radius 1 is 1.36 bits per heavy atom. The van der Waals surface area contributed by atoms with Crippen molar-refractivity contribution in [2.75, 3.05) is 5.32 Å². The molecule has 1 saturated carbocycles. The summed E-state index contributed by atoms with van der Waals surface area (Å²) in [5, 5.41) is 6.21. The molecule has 0 aromatic heterocycles. The predicted molar refractivity (Wildman–Crippen MR) is 84.0 cm³/mol. The first-order valence-electron chi connectivity index (χ1n) is 7.56. The first kappa shape index (κ1) is 16.5. The molecule has 3 nitrogen and oxygen atoms in total. The Morgan fingerprint density at radius 2 is 2.09 bits per heavy atom. The van der Waals surface area contributed by atoms with Gasteiger partial charge in [0, 0.05) is 30.3 Å². The van der Waals surface area contributed by atoms with Crippen LogP contribution >= 0.6 is 0 Å². The van der Waals surface area contributed by atoms with Crippen LogP contribution in [-0.2, 0) is 10.7 Å². The zero-order valence-corrected chi connectivity index (χ0v) is 12.7. The van der Waals surface area contributed by atoms with Crippen molar-refractivity contribution in [1.82, 2.24) is 5.32 Å². The van der Waals surface area contributed by atoms with Gasteiger partial charge in [0.1, 0.15) is 0 Å². The maximum atomic E-state index is 13.4. The van der Waals surface area contributed by atoms with Crippen molar-refractivity contribution in [2.24, 2.45) is 0 Å². The smallest absolute Gasteiger partial charge is 0.270 e. The van der Waals surface area contributed by atoms with Crippen molar-refractivity contribution in [3.63, 3.8) is 0 Å². The predicted octanol–water partition coefficient (Wildman–Crippen LogP) is 3.82.